The van der Waals surface area contributed by atoms with Gasteiger partial charge in [-0.2, -0.15) is 0 Å². The highest BCUT2D eigenvalue weighted by Crippen LogP contribution is 2.37. The van der Waals surface area contributed by atoms with Gasteiger partial charge in [-0.15, -0.1) is 11.3 Å². The lowest BCUT2D eigenvalue weighted by Gasteiger charge is -2.31. The van der Waals surface area contributed by atoms with Crippen molar-refractivity contribution >= 4 is 27.4 Å². The number of hydrogen-bond acceptors (Lipinski definition) is 7. The molecule has 0 bridgehead atoms. The molecule has 1 fully saturated rings. The Morgan fingerprint density at radius 1 is 1.10 bits per heavy atom. The van der Waals surface area contributed by atoms with Crippen LogP contribution < -0.4 is 9.64 Å². The van der Waals surface area contributed by atoms with Crippen molar-refractivity contribution in [1.29, 1.82) is 0 Å². The molecule has 7 heteroatoms. The predicted octanol–water partition coefficient (Wildman–Crippen LogP) is 3.71. The van der Waals surface area contributed by atoms with Gasteiger partial charge in [0.25, 0.3) is 0 Å². The lowest BCUT2D eigenvalue weighted by Crippen LogP contribution is -2.36. The van der Waals surface area contributed by atoms with Crippen LogP contribution in [0.3, 0.4) is 0 Å². The molecule has 0 amide bonds. The number of ether oxygens (including phenoxy) is 2. The van der Waals surface area contributed by atoms with E-state index in [2.05, 4.69) is 41.8 Å². The van der Waals surface area contributed by atoms with Gasteiger partial charge >= 0.3 is 0 Å². The molecule has 0 atom stereocenters. The van der Waals surface area contributed by atoms with E-state index in [4.69, 9.17) is 19.4 Å². The van der Waals surface area contributed by atoms with Crippen LogP contribution in [0, 0.1) is 13.8 Å². The van der Waals surface area contributed by atoms with Crippen molar-refractivity contribution in [1.82, 2.24) is 14.9 Å². The number of benzene rings is 1. The normalized spacial score (nSPS) is 17.4. The fourth-order valence-corrected chi connectivity index (χ4v) is 5.41. The monoisotopic (exact) mass is 424 g/mol. The standard InChI is InChI=1S/C23H28N4O2S/c1-15-16(2)30-23-21(15)22(24-20(25-23)14-26-8-10-29-11-9-26)27-7-6-17-4-5-19(28-3)12-18(17)13-27/h4-5,12H,6-11,13-14H2,1-3H3. The van der Waals surface area contributed by atoms with E-state index in [1.807, 2.05) is 0 Å². The van der Waals surface area contributed by atoms with Crippen molar-refractivity contribution in [3.63, 3.8) is 0 Å². The molecule has 3 aromatic rings. The molecule has 2 aliphatic rings. The lowest BCUT2D eigenvalue weighted by atomic mass is 9.99. The van der Waals surface area contributed by atoms with E-state index in [-0.39, 0.29) is 0 Å². The van der Waals surface area contributed by atoms with Crippen LogP contribution in [-0.4, -0.2) is 54.8 Å². The summed E-state index contributed by atoms with van der Waals surface area (Å²) in [6.07, 6.45) is 1.02. The molecule has 158 valence electrons. The molecule has 30 heavy (non-hydrogen) atoms. The average molecular weight is 425 g/mol. The summed E-state index contributed by atoms with van der Waals surface area (Å²) in [5.41, 5.74) is 4.04. The highest BCUT2D eigenvalue weighted by atomic mass is 32.1. The molecule has 0 aliphatic carbocycles. The minimum Gasteiger partial charge on any atom is -0.497 e. The molecule has 0 N–H and O–H groups in total. The summed E-state index contributed by atoms with van der Waals surface area (Å²) < 4.78 is 11.0. The molecule has 0 spiro atoms. The highest BCUT2D eigenvalue weighted by Gasteiger charge is 2.24. The second-order valence-corrected chi connectivity index (χ2v) is 9.32. The number of aryl methyl sites for hydroxylation is 2. The Kier molecular flexibility index (Phi) is 5.35. The maximum Gasteiger partial charge on any atom is 0.146 e. The molecule has 1 saturated heterocycles. The summed E-state index contributed by atoms with van der Waals surface area (Å²) in [7, 11) is 1.73. The summed E-state index contributed by atoms with van der Waals surface area (Å²) in [5, 5.41) is 1.22. The molecule has 5 rings (SSSR count). The fourth-order valence-electron chi connectivity index (χ4n) is 4.37. The van der Waals surface area contributed by atoms with Gasteiger partial charge in [0, 0.05) is 31.1 Å². The number of aromatic nitrogens is 2. The van der Waals surface area contributed by atoms with Crippen molar-refractivity contribution in [2.24, 2.45) is 0 Å². The minimum absolute atomic E-state index is 0.778. The molecule has 2 aliphatic heterocycles. The zero-order valence-electron chi connectivity index (χ0n) is 17.9. The number of nitrogens with zero attached hydrogens (tertiary/aromatic N) is 4. The zero-order chi connectivity index (χ0) is 20.7. The third kappa shape index (κ3) is 3.66. The molecular formula is C23H28N4O2S. The summed E-state index contributed by atoms with van der Waals surface area (Å²) in [6, 6.07) is 6.43. The number of hydrogen-bond donors (Lipinski definition) is 0. The first-order valence-electron chi connectivity index (χ1n) is 10.6. The average Bonchev–Trinajstić information content (AvgIpc) is 3.06. The zero-order valence-corrected chi connectivity index (χ0v) is 18.7. The van der Waals surface area contributed by atoms with E-state index >= 15 is 0 Å². The Balaban J connectivity index is 1.53. The van der Waals surface area contributed by atoms with Crippen molar-refractivity contribution in [2.45, 2.75) is 33.4 Å². The summed E-state index contributed by atoms with van der Waals surface area (Å²) >= 11 is 1.78. The summed E-state index contributed by atoms with van der Waals surface area (Å²) in [5.74, 6) is 2.91. The predicted molar refractivity (Wildman–Crippen MR) is 121 cm³/mol. The number of anilines is 1. The Hall–Kier alpha value is -2.22. The Bertz CT molecular complexity index is 1070. The van der Waals surface area contributed by atoms with Gasteiger partial charge in [0.2, 0.25) is 0 Å². The van der Waals surface area contributed by atoms with E-state index in [0.717, 1.165) is 74.6 Å². The van der Waals surface area contributed by atoms with Crippen molar-refractivity contribution in [2.75, 3.05) is 44.9 Å². The van der Waals surface area contributed by atoms with Crippen LogP contribution >= 0.6 is 11.3 Å². The van der Waals surface area contributed by atoms with Crippen LogP contribution in [-0.2, 0) is 24.2 Å². The smallest absolute Gasteiger partial charge is 0.146 e. The number of rotatable bonds is 4. The summed E-state index contributed by atoms with van der Waals surface area (Å²) in [6.45, 7) is 10.4. The molecule has 6 nitrogen and oxygen atoms in total. The van der Waals surface area contributed by atoms with Gasteiger partial charge in [-0.25, -0.2) is 9.97 Å². The second kappa shape index (κ2) is 8.13. The molecule has 4 heterocycles. The molecule has 2 aromatic heterocycles. The maximum atomic E-state index is 5.50. The lowest BCUT2D eigenvalue weighted by molar-refractivity contribution is 0.0331. The number of fused-ring (bicyclic) bond motifs is 2. The largest absolute Gasteiger partial charge is 0.497 e. The topological polar surface area (TPSA) is 50.7 Å². The SMILES string of the molecule is COc1ccc2c(c1)CN(c1nc(CN3CCOCC3)nc3sc(C)c(C)c13)CC2. The first kappa shape index (κ1) is 19.7. The van der Waals surface area contributed by atoms with Gasteiger partial charge in [0.15, 0.2) is 0 Å². The van der Waals surface area contributed by atoms with Crippen molar-refractivity contribution < 1.29 is 9.47 Å². The molecular weight excluding hydrogens is 396 g/mol. The highest BCUT2D eigenvalue weighted by molar-refractivity contribution is 7.18. The van der Waals surface area contributed by atoms with Crippen LogP contribution in [0.15, 0.2) is 18.2 Å². The van der Waals surface area contributed by atoms with E-state index in [9.17, 15) is 0 Å². The van der Waals surface area contributed by atoms with Crippen LogP contribution in [0.1, 0.15) is 27.4 Å². The Labute approximate surface area is 181 Å². The third-order valence-electron chi connectivity index (χ3n) is 6.25. The van der Waals surface area contributed by atoms with Gasteiger partial charge in [0.1, 0.15) is 22.2 Å². The first-order chi connectivity index (χ1) is 14.6. The molecule has 0 unspecified atom stereocenters. The van der Waals surface area contributed by atoms with Crippen molar-refractivity contribution in [3.05, 3.63) is 45.6 Å². The molecule has 0 saturated carbocycles. The minimum atomic E-state index is 0.778. The molecule has 0 radical (unpaired) electrons. The summed E-state index contributed by atoms with van der Waals surface area (Å²) in [4.78, 5) is 17.3. The van der Waals surface area contributed by atoms with E-state index in [1.165, 1.54) is 27.0 Å². The quantitative estimate of drug-likeness (QED) is 0.636. The third-order valence-corrected chi connectivity index (χ3v) is 7.35. The van der Waals surface area contributed by atoms with Gasteiger partial charge in [-0.3, -0.25) is 4.90 Å². The fraction of sp³-hybridized carbons (Fsp3) is 0.478. The molecule has 1 aromatic carbocycles. The van der Waals surface area contributed by atoms with E-state index in [0.29, 0.717) is 0 Å². The van der Waals surface area contributed by atoms with Gasteiger partial charge < -0.3 is 14.4 Å². The van der Waals surface area contributed by atoms with Crippen LogP contribution in [0.25, 0.3) is 10.2 Å². The van der Waals surface area contributed by atoms with E-state index < -0.39 is 0 Å². The number of thiophene rings is 1. The van der Waals surface area contributed by atoms with Crippen LogP contribution in [0.5, 0.6) is 5.75 Å². The Morgan fingerprint density at radius 3 is 2.73 bits per heavy atom. The van der Waals surface area contributed by atoms with E-state index in [1.54, 1.807) is 18.4 Å². The van der Waals surface area contributed by atoms with Gasteiger partial charge in [-0.05, 0) is 49.1 Å². The maximum absolute atomic E-state index is 5.50. The van der Waals surface area contributed by atoms with Gasteiger partial charge in [-0.1, -0.05) is 6.07 Å². The Morgan fingerprint density at radius 2 is 1.93 bits per heavy atom. The first-order valence-corrected chi connectivity index (χ1v) is 11.4. The second-order valence-electron chi connectivity index (χ2n) is 8.12. The van der Waals surface area contributed by atoms with Gasteiger partial charge in [0.05, 0.1) is 32.3 Å². The van der Waals surface area contributed by atoms with Crippen LogP contribution in [0.2, 0.25) is 0 Å². The van der Waals surface area contributed by atoms with Crippen molar-refractivity contribution in [3.8, 4) is 5.75 Å². The number of methoxy groups -OCH3 is 1. The van der Waals surface area contributed by atoms with Crippen LogP contribution in [0.4, 0.5) is 5.82 Å². The number of morpholine rings is 1.